The fourth-order valence-corrected chi connectivity index (χ4v) is 3.44. The molecule has 0 saturated heterocycles. The molecule has 1 atom stereocenters. The molecule has 0 bridgehead atoms. The summed E-state index contributed by atoms with van der Waals surface area (Å²) in [5.74, 6) is -0.440. The SMILES string of the molecule is CSc1nc(N[C@@H](C)c2ccc(F)cc2F)cc(-c2c(N)nn3cnccc23)n1. The molecule has 0 spiro atoms. The molecule has 7 nitrogen and oxygen atoms in total. The van der Waals surface area contributed by atoms with Gasteiger partial charge in [-0.1, -0.05) is 17.8 Å². The van der Waals surface area contributed by atoms with Crippen molar-refractivity contribution in [1.82, 2.24) is 24.6 Å². The van der Waals surface area contributed by atoms with Crippen LogP contribution in [0.1, 0.15) is 18.5 Å². The van der Waals surface area contributed by atoms with Crippen LogP contribution in [0.2, 0.25) is 0 Å². The lowest BCUT2D eigenvalue weighted by molar-refractivity contribution is 0.566. The molecule has 4 rings (SSSR count). The molecule has 0 aliphatic carbocycles. The van der Waals surface area contributed by atoms with Gasteiger partial charge in [-0.15, -0.1) is 5.10 Å². The summed E-state index contributed by atoms with van der Waals surface area (Å²) in [6.07, 6.45) is 5.06. The van der Waals surface area contributed by atoms with E-state index in [4.69, 9.17) is 5.73 Å². The zero-order valence-corrected chi connectivity index (χ0v) is 16.4. The van der Waals surface area contributed by atoms with Crippen LogP contribution in [0.5, 0.6) is 0 Å². The van der Waals surface area contributed by atoms with Gasteiger partial charge in [0.15, 0.2) is 11.0 Å². The largest absolute Gasteiger partial charge is 0.382 e. The van der Waals surface area contributed by atoms with Crippen molar-refractivity contribution in [3.05, 3.63) is 60.1 Å². The van der Waals surface area contributed by atoms with Crippen LogP contribution in [-0.2, 0) is 0 Å². The van der Waals surface area contributed by atoms with Crippen molar-refractivity contribution in [2.24, 2.45) is 0 Å². The average molecular weight is 413 g/mol. The molecule has 10 heteroatoms. The summed E-state index contributed by atoms with van der Waals surface area (Å²) in [7, 11) is 0. The Hall–Kier alpha value is -3.27. The van der Waals surface area contributed by atoms with Gasteiger partial charge in [-0.25, -0.2) is 28.2 Å². The van der Waals surface area contributed by atoms with Crippen LogP contribution in [0.25, 0.3) is 16.8 Å². The van der Waals surface area contributed by atoms with Crippen LogP contribution >= 0.6 is 11.8 Å². The summed E-state index contributed by atoms with van der Waals surface area (Å²) in [5.41, 5.74) is 8.45. The standard InChI is InChI=1S/C19H17F2N7S/c1-10(12-4-3-11(20)7-13(12)21)24-16-8-14(25-19(26-16)29-2)17-15-5-6-23-9-28(15)27-18(17)22/h3-10H,1-2H3,(H2,22,27)(H,24,25,26)/t10-/m0/s1. The van der Waals surface area contributed by atoms with Gasteiger partial charge in [-0.05, 0) is 25.3 Å². The number of halogens is 2. The average Bonchev–Trinajstić information content (AvgIpc) is 3.03. The summed E-state index contributed by atoms with van der Waals surface area (Å²) in [6, 6.07) is 6.58. The van der Waals surface area contributed by atoms with Gasteiger partial charge in [0, 0.05) is 23.9 Å². The summed E-state index contributed by atoms with van der Waals surface area (Å²) in [5, 5.41) is 7.94. The first-order chi connectivity index (χ1) is 14.0. The second-order valence-corrected chi connectivity index (χ2v) is 7.10. The lowest BCUT2D eigenvalue weighted by atomic mass is 10.1. The Morgan fingerprint density at radius 2 is 2.00 bits per heavy atom. The molecule has 3 aromatic heterocycles. The van der Waals surface area contributed by atoms with Crippen molar-refractivity contribution in [2.45, 2.75) is 18.1 Å². The smallest absolute Gasteiger partial charge is 0.189 e. The van der Waals surface area contributed by atoms with Gasteiger partial charge in [0.1, 0.15) is 23.8 Å². The van der Waals surface area contributed by atoms with Crippen molar-refractivity contribution < 1.29 is 8.78 Å². The van der Waals surface area contributed by atoms with E-state index >= 15 is 0 Å². The molecule has 4 aromatic rings. The zero-order valence-electron chi connectivity index (χ0n) is 15.6. The molecule has 3 heterocycles. The molecule has 148 valence electrons. The third-order valence-corrected chi connectivity index (χ3v) is 4.95. The van der Waals surface area contributed by atoms with Crippen molar-refractivity contribution >= 4 is 28.9 Å². The molecule has 0 amide bonds. The highest BCUT2D eigenvalue weighted by molar-refractivity contribution is 7.98. The fraction of sp³-hybridized carbons (Fsp3) is 0.158. The van der Waals surface area contributed by atoms with Gasteiger partial charge in [-0.3, -0.25) is 0 Å². The first-order valence-corrected chi connectivity index (χ1v) is 9.91. The van der Waals surface area contributed by atoms with Crippen LogP contribution < -0.4 is 11.1 Å². The second-order valence-electron chi connectivity index (χ2n) is 6.33. The van der Waals surface area contributed by atoms with Crippen LogP contribution in [0.3, 0.4) is 0 Å². The van der Waals surface area contributed by atoms with Crippen LogP contribution in [0.4, 0.5) is 20.4 Å². The van der Waals surface area contributed by atoms with E-state index in [-0.39, 0.29) is 0 Å². The summed E-state index contributed by atoms with van der Waals surface area (Å²) in [4.78, 5) is 13.0. The lowest BCUT2D eigenvalue weighted by Crippen LogP contribution is -2.11. The monoisotopic (exact) mass is 413 g/mol. The maximum Gasteiger partial charge on any atom is 0.189 e. The Balaban J connectivity index is 1.75. The number of thioether (sulfide) groups is 1. The molecule has 0 unspecified atom stereocenters. The minimum absolute atomic E-state index is 0.312. The van der Waals surface area contributed by atoms with E-state index in [2.05, 4.69) is 25.4 Å². The first-order valence-electron chi connectivity index (χ1n) is 8.69. The lowest BCUT2D eigenvalue weighted by Gasteiger charge is -2.17. The molecule has 0 radical (unpaired) electrons. The first kappa shape index (κ1) is 19.1. The Kier molecular flexibility index (Phi) is 5.01. The van der Waals surface area contributed by atoms with E-state index in [0.29, 0.717) is 33.6 Å². The number of nitrogens with zero attached hydrogens (tertiary/aromatic N) is 5. The van der Waals surface area contributed by atoms with Gasteiger partial charge in [0.05, 0.1) is 22.8 Å². The van der Waals surface area contributed by atoms with E-state index in [1.54, 1.807) is 36.1 Å². The van der Waals surface area contributed by atoms with Crippen molar-refractivity contribution in [1.29, 1.82) is 0 Å². The van der Waals surface area contributed by atoms with Gasteiger partial charge in [-0.2, -0.15) is 0 Å². The highest BCUT2D eigenvalue weighted by Gasteiger charge is 2.18. The summed E-state index contributed by atoms with van der Waals surface area (Å²) in [6.45, 7) is 1.77. The fourth-order valence-electron chi connectivity index (χ4n) is 3.06. The normalized spacial score (nSPS) is 12.3. The van der Waals surface area contributed by atoms with Crippen LogP contribution in [0.15, 0.2) is 48.0 Å². The number of hydrogen-bond acceptors (Lipinski definition) is 7. The van der Waals surface area contributed by atoms with E-state index in [9.17, 15) is 8.78 Å². The molecular formula is C19H17F2N7S. The topological polar surface area (TPSA) is 94.0 Å². The molecule has 29 heavy (non-hydrogen) atoms. The highest BCUT2D eigenvalue weighted by atomic mass is 32.2. The number of benzene rings is 1. The van der Waals surface area contributed by atoms with E-state index in [1.165, 1.54) is 23.9 Å². The maximum absolute atomic E-state index is 14.1. The Morgan fingerprint density at radius 1 is 1.17 bits per heavy atom. The number of hydrogen-bond donors (Lipinski definition) is 2. The number of fused-ring (bicyclic) bond motifs is 1. The molecule has 3 N–H and O–H groups in total. The number of nitrogens with two attached hydrogens (primary N) is 1. The van der Waals surface area contributed by atoms with Crippen LogP contribution in [-0.4, -0.2) is 30.8 Å². The van der Waals surface area contributed by atoms with E-state index in [1.807, 2.05) is 6.26 Å². The summed E-state index contributed by atoms with van der Waals surface area (Å²) < 4.78 is 28.9. The summed E-state index contributed by atoms with van der Waals surface area (Å²) >= 11 is 1.37. The third-order valence-electron chi connectivity index (χ3n) is 4.41. The number of anilines is 2. The van der Waals surface area contributed by atoms with Gasteiger partial charge < -0.3 is 11.1 Å². The highest BCUT2D eigenvalue weighted by Crippen LogP contribution is 2.32. The number of aromatic nitrogens is 5. The molecule has 1 aromatic carbocycles. The minimum Gasteiger partial charge on any atom is -0.382 e. The predicted octanol–water partition coefficient (Wildman–Crippen LogP) is 3.94. The van der Waals surface area contributed by atoms with E-state index in [0.717, 1.165) is 11.6 Å². The molecule has 0 saturated carbocycles. The maximum atomic E-state index is 14.1. The number of nitrogens with one attached hydrogen (secondary N) is 1. The molecular weight excluding hydrogens is 396 g/mol. The molecule has 0 aliphatic rings. The molecule has 0 aliphatic heterocycles. The van der Waals surface area contributed by atoms with Crippen molar-refractivity contribution in [3.8, 4) is 11.3 Å². The van der Waals surface area contributed by atoms with E-state index < -0.39 is 17.7 Å². The van der Waals surface area contributed by atoms with Gasteiger partial charge in [0.2, 0.25) is 0 Å². The van der Waals surface area contributed by atoms with Crippen LogP contribution in [0, 0.1) is 11.6 Å². The predicted molar refractivity (Wildman–Crippen MR) is 109 cm³/mol. The second kappa shape index (κ2) is 7.63. The van der Waals surface area contributed by atoms with Crippen molar-refractivity contribution in [3.63, 3.8) is 0 Å². The number of nitrogen functional groups attached to an aromatic ring is 1. The Bertz CT molecular complexity index is 1190. The van der Waals surface area contributed by atoms with Crippen molar-refractivity contribution in [2.75, 3.05) is 17.3 Å². The minimum atomic E-state index is -0.622. The number of rotatable bonds is 5. The van der Waals surface area contributed by atoms with Gasteiger partial charge in [0.25, 0.3) is 0 Å². The molecule has 0 fully saturated rings. The van der Waals surface area contributed by atoms with Gasteiger partial charge >= 0.3 is 0 Å². The Morgan fingerprint density at radius 3 is 2.76 bits per heavy atom. The Labute approximate surface area is 169 Å². The quantitative estimate of drug-likeness (QED) is 0.378. The third kappa shape index (κ3) is 3.70. The zero-order chi connectivity index (χ0) is 20.5.